The molecule has 104 valence electrons. The highest BCUT2D eigenvalue weighted by Gasteiger charge is 2.20. The first-order valence-electron chi connectivity index (χ1n) is 7.54. The molecule has 1 N–H and O–H groups in total. The third-order valence-corrected chi connectivity index (χ3v) is 4.11. The standard InChI is InChI=1S/C17H24O2/c1-2-5-15(18)10-8-13-9-11-17(19)16(12-13)14-6-3-4-7-14/h9,11-12,14,19H,2-8,10H2,1H3. The topological polar surface area (TPSA) is 37.3 Å². The van der Waals surface area contributed by atoms with Crippen LogP contribution in [0.3, 0.4) is 0 Å². The molecule has 1 aromatic carbocycles. The van der Waals surface area contributed by atoms with Gasteiger partial charge in [0.2, 0.25) is 0 Å². The van der Waals surface area contributed by atoms with Crippen LogP contribution in [0.15, 0.2) is 18.2 Å². The molecule has 0 bridgehead atoms. The SMILES string of the molecule is CCCC(=O)CCc1ccc(O)c(C2CCCC2)c1. The van der Waals surface area contributed by atoms with E-state index in [2.05, 4.69) is 6.07 Å². The van der Waals surface area contributed by atoms with Gasteiger partial charge in [0.15, 0.2) is 0 Å². The maximum absolute atomic E-state index is 11.6. The maximum atomic E-state index is 11.6. The van der Waals surface area contributed by atoms with Gasteiger partial charge in [-0.05, 0) is 48.8 Å². The van der Waals surface area contributed by atoms with Gasteiger partial charge < -0.3 is 5.11 Å². The van der Waals surface area contributed by atoms with Crippen LogP contribution in [0.2, 0.25) is 0 Å². The van der Waals surface area contributed by atoms with E-state index in [-0.39, 0.29) is 0 Å². The van der Waals surface area contributed by atoms with Crippen LogP contribution in [0.5, 0.6) is 5.75 Å². The lowest BCUT2D eigenvalue weighted by atomic mass is 9.93. The van der Waals surface area contributed by atoms with Crippen LogP contribution >= 0.6 is 0 Å². The maximum Gasteiger partial charge on any atom is 0.133 e. The smallest absolute Gasteiger partial charge is 0.133 e. The predicted molar refractivity (Wildman–Crippen MR) is 77.6 cm³/mol. The Balaban J connectivity index is 2.01. The number of ketones is 1. The average molecular weight is 260 g/mol. The van der Waals surface area contributed by atoms with E-state index in [0.29, 0.717) is 30.3 Å². The molecule has 2 heteroatoms. The Morgan fingerprint density at radius 2 is 2.00 bits per heavy atom. The van der Waals surface area contributed by atoms with E-state index in [1.165, 1.54) is 31.2 Å². The van der Waals surface area contributed by atoms with Gasteiger partial charge in [0, 0.05) is 12.8 Å². The van der Waals surface area contributed by atoms with Crippen molar-refractivity contribution in [2.24, 2.45) is 0 Å². The third-order valence-electron chi connectivity index (χ3n) is 4.11. The summed E-state index contributed by atoms with van der Waals surface area (Å²) in [5.41, 5.74) is 2.28. The molecule has 1 aromatic rings. The van der Waals surface area contributed by atoms with Crippen molar-refractivity contribution >= 4 is 5.78 Å². The van der Waals surface area contributed by atoms with Crippen LogP contribution in [-0.4, -0.2) is 10.9 Å². The highest BCUT2D eigenvalue weighted by Crippen LogP contribution is 2.38. The molecule has 1 aliphatic carbocycles. The van der Waals surface area contributed by atoms with Gasteiger partial charge in [-0.25, -0.2) is 0 Å². The van der Waals surface area contributed by atoms with E-state index in [1.54, 1.807) is 6.07 Å². The Bertz CT molecular complexity index is 431. The number of rotatable bonds is 6. The molecular weight excluding hydrogens is 236 g/mol. The molecule has 1 saturated carbocycles. The molecule has 19 heavy (non-hydrogen) atoms. The molecule has 1 aliphatic rings. The molecule has 0 atom stereocenters. The minimum Gasteiger partial charge on any atom is -0.508 e. The molecule has 2 nitrogen and oxygen atoms in total. The number of aromatic hydroxyl groups is 1. The zero-order chi connectivity index (χ0) is 13.7. The van der Waals surface area contributed by atoms with Crippen molar-refractivity contribution in [3.05, 3.63) is 29.3 Å². The van der Waals surface area contributed by atoms with Gasteiger partial charge in [0.05, 0.1) is 0 Å². The summed E-state index contributed by atoms with van der Waals surface area (Å²) in [5, 5.41) is 9.99. The van der Waals surface area contributed by atoms with Gasteiger partial charge in [0.1, 0.15) is 11.5 Å². The van der Waals surface area contributed by atoms with Gasteiger partial charge in [-0.15, -0.1) is 0 Å². The summed E-state index contributed by atoms with van der Waals surface area (Å²) in [5.74, 6) is 1.29. The molecule has 0 aliphatic heterocycles. The summed E-state index contributed by atoms with van der Waals surface area (Å²) < 4.78 is 0. The second kappa shape index (κ2) is 6.74. The van der Waals surface area contributed by atoms with Crippen molar-refractivity contribution in [3.63, 3.8) is 0 Å². The van der Waals surface area contributed by atoms with E-state index in [0.717, 1.165) is 18.4 Å². The fraction of sp³-hybridized carbons (Fsp3) is 0.588. The molecule has 2 rings (SSSR count). The molecule has 0 radical (unpaired) electrons. The molecule has 0 saturated heterocycles. The highest BCUT2D eigenvalue weighted by molar-refractivity contribution is 5.78. The van der Waals surface area contributed by atoms with Crippen molar-refractivity contribution in [2.45, 2.75) is 64.2 Å². The number of aryl methyl sites for hydroxylation is 1. The molecule has 0 heterocycles. The van der Waals surface area contributed by atoms with Crippen molar-refractivity contribution in [1.29, 1.82) is 0 Å². The zero-order valence-electron chi connectivity index (χ0n) is 11.8. The van der Waals surface area contributed by atoms with Crippen molar-refractivity contribution < 1.29 is 9.90 Å². The molecule has 0 amide bonds. The van der Waals surface area contributed by atoms with E-state index < -0.39 is 0 Å². The number of phenolic OH excluding ortho intramolecular Hbond substituents is 1. The van der Waals surface area contributed by atoms with E-state index >= 15 is 0 Å². The van der Waals surface area contributed by atoms with Crippen LogP contribution in [0, 0.1) is 0 Å². The Labute approximate surface area is 115 Å². The quantitative estimate of drug-likeness (QED) is 0.825. The molecule has 0 unspecified atom stereocenters. The molecular formula is C17H24O2. The van der Waals surface area contributed by atoms with Crippen LogP contribution in [0.25, 0.3) is 0 Å². The summed E-state index contributed by atoms with van der Waals surface area (Å²) in [6.07, 6.45) is 7.96. The Morgan fingerprint density at radius 3 is 2.68 bits per heavy atom. The van der Waals surface area contributed by atoms with Crippen LogP contribution in [0.1, 0.15) is 68.9 Å². The van der Waals surface area contributed by atoms with Gasteiger partial charge in [0.25, 0.3) is 0 Å². The fourth-order valence-corrected chi connectivity index (χ4v) is 3.01. The van der Waals surface area contributed by atoms with Gasteiger partial charge in [-0.3, -0.25) is 4.79 Å². The largest absolute Gasteiger partial charge is 0.508 e. The van der Waals surface area contributed by atoms with Crippen molar-refractivity contribution in [3.8, 4) is 5.75 Å². The van der Waals surface area contributed by atoms with E-state index in [1.807, 2.05) is 13.0 Å². The zero-order valence-corrected chi connectivity index (χ0v) is 11.8. The number of benzene rings is 1. The van der Waals surface area contributed by atoms with Crippen molar-refractivity contribution in [2.75, 3.05) is 0 Å². The normalized spacial score (nSPS) is 15.8. The number of phenols is 1. The van der Waals surface area contributed by atoms with Gasteiger partial charge >= 0.3 is 0 Å². The summed E-state index contributed by atoms with van der Waals surface area (Å²) in [6, 6.07) is 5.87. The summed E-state index contributed by atoms with van der Waals surface area (Å²) in [6.45, 7) is 2.04. The van der Waals surface area contributed by atoms with Gasteiger partial charge in [-0.2, -0.15) is 0 Å². The first-order chi connectivity index (χ1) is 9.20. The number of hydrogen-bond acceptors (Lipinski definition) is 2. The molecule has 1 fully saturated rings. The molecule has 0 spiro atoms. The lowest BCUT2D eigenvalue weighted by molar-refractivity contribution is -0.119. The number of Topliss-reactive ketones (excluding diaryl/α,β-unsaturated/α-hetero) is 1. The van der Waals surface area contributed by atoms with Crippen LogP contribution in [-0.2, 0) is 11.2 Å². The van der Waals surface area contributed by atoms with Crippen molar-refractivity contribution in [1.82, 2.24) is 0 Å². The Hall–Kier alpha value is -1.31. The number of hydrogen-bond donors (Lipinski definition) is 1. The predicted octanol–water partition coefficient (Wildman–Crippen LogP) is 4.35. The number of carbonyl (C=O) groups excluding carboxylic acids is 1. The summed E-state index contributed by atoms with van der Waals surface area (Å²) >= 11 is 0. The minimum absolute atomic E-state index is 0.345. The first-order valence-corrected chi connectivity index (χ1v) is 7.54. The van der Waals surface area contributed by atoms with Gasteiger partial charge in [-0.1, -0.05) is 31.9 Å². The first kappa shape index (κ1) is 14.1. The van der Waals surface area contributed by atoms with Crippen LogP contribution in [0.4, 0.5) is 0 Å². The lowest BCUT2D eigenvalue weighted by Crippen LogP contribution is -2.00. The Morgan fingerprint density at radius 1 is 1.26 bits per heavy atom. The lowest BCUT2D eigenvalue weighted by Gasteiger charge is -2.13. The summed E-state index contributed by atoms with van der Waals surface area (Å²) in [4.78, 5) is 11.6. The fourth-order valence-electron chi connectivity index (χ4n) is 3.01. The van der Waals surface area contributed by atoms with E-state index in [4.69, 9.17) is 0 Å². The average Bonchev–Trinajstić information content (AvgIpc) is 2.92. The highest BCUT2D eigenvalue weighted by atomic mass is 16.3. The van der Waals surface area contributed by atoms with Crippen LogP contribution < -0.4 is 0 Å². The summed E-state index contributed by atoms with van der Waals surface area (Å²) in [7, 11) is 0. The monoisotopic (exact) mass is 260 g/mol. The Kier molecular flexibility index (Phi) is 5.00. The third kappa shape index (κ3) is 3.82. The second-order valence-corrected chi connectivity index (χ2v) is 5.66. The molecule has 0 aromatic heterocycles. The minimum atomic E-state index is 0.345. The van der Waals surface area contributed by atoms with E-state index in [9.17, 15) is 9.90 Å². The number of carbonyl (C=O) groups is 1. The second-order valence-electron chi connectivity index (χ2n) is 5.66.